The largest absolute Gasteiger partial charge is 0.357 e. The van der Waals surface area contributed by atoms with Gasteiger partial charge in [0.1, 0.15) is 5.82 Å². The lowest BCUT2D eigenvalue weighted by Crippen LogP contribution is -2.35. The van der Waals surface area contributed by atoms with Gasteiger partial charge in [0.15, 0.2) is 0 Å². The van der Waals surface area contributed by atoms with E-state index in [2.05, 4.69) is 59.0 Å². The van der Waals surface area contributed by atoms with E-state index in [1.807, 2.05) is 17.0 Å². The number of amides is 1. The van der Waals surface area contributed by atoms with Crippen LogP contribution in [-0.4, -0.2) is 66.5 Å². The molecule has 0 bridgehead atoms. The van der Waals surface area contributed by atoms with Gasteiger partial charge in [0, 0.05) is 38.9 Å². The lowest BCUT2D eigenvalue weighted by atomic mass is 10.1. The van der Waals surface area contributed by atoms with Crippen molar-refractivity contribution in [3.8, 4) is 0 Å². The normalized spacial score (nSPS) is 15.2. The molecule has 3 rings (SSSR count). The Morgan fingerprint density at radius 3 is 2.48 bits per heavy atom. The first-order valence-electron chi connectivity index (χ1n) is 11.0. The van der Waals surface area contributed by atoms with E-state index in [9.17, 15) is 4.79 Å². The third kappa shape index (κ3) is 6.04. The van der Waals surface area contributed by atoms with Crippen LogP contribution in [0.15, 0.2) is 48.7 Å². The second-order valence-electron chi connectivity index (χ2n) is 7.65. The van der Waals surface area contributed by atoms with Crippen LogP contribution >= 0.6 is 0 Å². The number of rotatable bonds is 8. The molecule has 1 aliphatic rings. The van der Waals surface area contributed by atoms with Crippen LogP contribution in [0.2, 0.25) is 0 Å². The second kappa shape index (κ2) is 11.0. The van der Waals surface area contributed by atoms with Gasteiger partial charge in [0.2, 0.25) is 0 Å². The summed E-state index contributed by atoms with van der Waals surface area (Å²) in [7, 11) is 0. The quantitative estimate of drug-likeness (QED) is 0.684. The Morgan fingerprint density at radius 1 is 1.00 bits per heavy atom. The van der Waals surface area contributed by atoms with E-state index >= 15 is 0 Å². The third-order valence-electron chi connectivity index (χ3n) is 5.74. The molecular weight excluding hydrogens is 360 g/mol. The van der Waals surface area contributed by atoms with Gasteiger partial charge in [-0.05, 0) is 63.9 Å². The highest BCUT2D eigenvalue weighted by atomic mass is 16.2. The average Bonchev–Trinajstić information content (AvgIpc) is 3.01. The summed E-state index contributed by atoms with van der Waals surface area (Å²) < 4.78 is 0. The molecule has 5 heteroatoms. The van der Waals surface area contributed by atoms with Crippen molar-refractivity contribution in [2.45, 2.75) is 33.1 Å². The van der Waals surface area contributed by atoms with Gasteiger partial charge in [-0.2, -0.15) is 0 Å². The number of benzene rings is 1. The molecule has 1 amide bonds. The highest BCUT2D eigenvalue weighted by Crippen LogP contribution is 2.14. The summed E-state index contributed by atoms with van der Waals surface area (Å²) in [6, 6.07) is 14.6. The van der Waals surface area contributed by atoms with Gasteiger partial charge in [-0.3, -0.25) is 4.79 Å². The molecule has 1 aromatic carbocycles. The molecular formula is C24H34N4O. The molecule has 0 saturated carbocycles. The van der Waals surface area contributed by atoms with E-state index < -0.39 is 0 Å². The average molecular weight is 395 g/mol. The summed E-state index contributed by atoms with van der Waals surface area (Å²) in [5, 5.41) is 0. The Balaban J connectivity index is 1.49. The number of anilines is 1. The van der Waals surface area contributed by atoms with E-state index in [0.717, 1.165) is 70.9 Å². The highest BCUT2D eigenvalue weighted by molar-refractivity contribution is 5.94. The minimum Gasteiger partial charge on any atom is -0.357 e. The zero-order valence-corrected chi connectivity index (χ0v) is 17.9. The van der Waals surface area contributed by atoms with Gasteiger partial charge in [0.25, 0.3) is 5.91 Å². The molecule has 5 nitrogen and oxygen atoms in total. The Labute approximate surface area is 175 Å². The zero-order valence-electron chi connectivity index (χ0n) is 17.9. The Morgan fingerprint density at radius 2 is 1.79 bits per heavy atom. The highest BCUT2D eigenvalue weighted by Gasteiger charge is 2.20. The van der Waals surface area contributed by atoms with Gasteiger partial charge in [-0.1, -0.05) is 30.3 Å². The summed E-state index contributed by atoms with van der Waals surface area (Å²) in [4.78, 5) is 24.1. The van der Waals surface area contributed by atoms with Crippen LogP contribution in [0.4, 0.5) is 5.82 Å². The molecule has 2 aromatic rings. The minimum atomic E-state index is 0.106. The molecule has 29 heavy (non-hydrogen) atoms. The Bertz CT molecular complexity index is 743. The smallest absolute Gasteiger partial charge is 0.255 e. The first kappa shape index (κ1) is 21.3. The summed E-state index contributed by atoms with van der Waals surface area (Å²) in [5.74, 6) is 1.04. The SMILES string of the molecule is CCN(CC)c1ccc(C(=O)N2CCCN(CCCc3ccccc3)CC2)cn1. The lowest BCUT2D eigenvalue weighted by Gasteiger charge is -2.23. The first-order chi connectivity index (χ1) is 14.2. The molecule has 0 unspecified atom stereocenters. The van der Waals surface area contributed by atoms with Gasteiger partial charge in [0.05, 0.1) is 5.56 Å². The van der Waals surface area contributed by atoms with Gasteiger partial charge in [-0.15, -0.1) is 0 Å². The van der Waals surface area contributed by atoms with Gasteiger partial charge >= 0.3 is 0 Å². The summed E-state index contributed by atoms with van der Waals surface area (Å²) in [6.07, 6.45) is 5.04. The molecule has 156 valence electrons. The fourth-order valence-electron chi connectivity index (χ4n) is 3.98. The molecule has 1 aliphatic heterocycles. The fourth-order valence-corrected chi connectivity index (χ4v) is 3.98. The zero-order chi connectivity index (χ0) is 20.5. The van der Waals surface area contributed by atoms with Crippen LogP contribution < -0.4 is 4.90 Å². The van der Waals surface area contributed by atoms with Crippen LogP contribution in [0.25, 0.3) is 0 Å². The molecule has 1 aromatic heterocycles. The molecule has 0 atom stereocenters. The molecule has 0 N–H and O–H groups in total. The van der Waals surface area contributed by atoms with Gasteiger partial charge in [-0.25, -0.2) is 4.98 Å². The summed E-state index contributed by atoms with van der Waals surface area (Å²) in [5.41, 5.74) is 2.10. The monoisotopic (exact) mass is 394 g/mol. The number of aromatic nitrogens is 1. The number of carbonyl (C=O) groups is 1. The van der Waals surface area contributed by atoms with Crippen LogP contribution in [0, 0.1) is 0 Å². The van der Waals surface area contributed by atoms with E-state index in [-0.39, 0.29) is 5.91 Å². The number of hydrogen-bond donors (Lipinski definition) is 0. The number of nitrogens with zero attached hydrogens (tertiary/aromatic N) is 4. The fraction of sp³-hybridized carbons (Fsp3) is 0.500. The van der Waals surface area contributed by atoms with Crippen molar-refractivity contribution in [1.29, 1.82) is 0 Å². The van der Waals surface area contributed by atoms with E-state index in [0.29, 0.717) is 5.56 Å². The Hall–Kier alpha value is -2.40. The maximum absolute atomic E-state index is 12.9. The standard InChI is InChI=1S/C24H34N4O/c1-3-27(4-2)23-14-13-22(20-25-23)24(29)28-17-9-16-26(18-19-28)15-8-12-21-10-6-5-7-11-21/h5-7,10-11,13-14,20H,3-4,8-9,12,15-19H2,1-2H3. The third-order valence-corrected chi connectivity index (χ3v) is 5.74. The van der Waals surface area contributed by atoms with Crippen LogP contribution in [-0.2, 0) is 6.42 Å². The first-order valence-corrected chi connectivity index (χ1v) is 11.0. The van der Waals surface area contributed by atoms with E-state index in [4.69, 9.17) is 0 Å². The van der Waals surface area contributed by atoms with Crippen LogP contribution in [0.3, 0.4) is 0 Å². The van der Waals surface area contributed by atoms with Crippen molar-refractivity contribution in [2.75, 3.05) is 50.7 Å². The number of aryl methyl sites for hydroxylation is 1. The lowest BCUT2D eigenvalue weighted by molar-refractivity contribution is 0.0761. The van der Waals surface area contributed by atoms with Crippen LogP contribution in [0.1, 0.15) is 42.6 Å². The van der Waals surface area contributed by atoms with Crippen LogP contribution in [0.5, 0.6) is 0 Å². The molecule has 0 spiro atoms. The van der Waals surface area contributed by atoms with E-state index in [1.165, 1.54) is 5.56 Å². The topological polar surface area (TPSA) is 39.7 Å². The molecule has 1 saturated heterocycles. The van der Waals surface area contributed by atoms with Crippen molar-refractivity contribution in [3.63, 3.8) is 0 Å². The molecule has 2 heterocycles. The maximum atomic E-state index is 12.9. The predicted molar refractivity (Wildman–Crippen MR) is 120 cm³/mol. The van der Waals surface area contributed by atoms with Gasteiger partial charge < -0.3 is 14.7 Å². The Kier molecular flexibility index (Phi) is 8.05. The number of pyridine rings is 1. The second-order valence-corrected chi connectivity index (χ2v) is 7.65. The van der Waals surface area contributed by atoms with Crippen molar-refractivity contribution in [2.24, 2.45) is 0 Å². The summed E-state index contributed by atoms with van der Waals surface area (Å²) in [6.45, 7) is 10.8. The van der Waals surface area contributed by atoms with Crippen molar-refractivity contribution < 1.29 is 4.79 Å². The van der Waals surface area contributed by atoms with Crippen molar-refractivity contribution >= 4 is 11.7 Å². The van der Waals surface area contributed by atoms with Crippen molar-refractivity contribution in [1.82, 2.24) is 14.8 Å². The number of hydrogen-bond acceptors (Lipinski definition) is 4. The van der Waals surface area contributed by atoms with Crippen molar-refractivity contribution in [3.05, 3.63) is 59.8 Å². The summed E-state index contributed by atoms with van der Waals surface area (Å²) >= 11 is 0. The minimum absolute atomic E-state index is 0.106. The number of carbonyl (C=O) groups excluding carboxylic acids is 1. The predicted octanol–water partition coefficient (Wildman–Crippen LogP) is 3.71. The van der Waals surface area contributed by atoms with E-state index in [1.54, 1.807) is 6.20 Å². The molecule has 0 aliphatic carbocycles. The molecule has 0 radical (unpaired) electrons. The molecule has 1 fully saturated rings. The maximum Gasteiger partial charge on any atom is 0.255 e.